The molecule has 1 unspecified atom stereocenters. The molecule has 4 aromatic rings. The number of carbonyl (C=O) groups excluding carboxylic acids is 2. The number of hydrogen-bond donors (Lipinski definition) is 1. The van der Waals surface area contributed by atoms with Crippen LogP contribution in [0.2, 0.25) is 0 Å². The highest BCUT2D eigenvalue weighted by Gasteiger charge is 2.37. The zero-order valence-electron chi connectivity index (χ0n) is 21.8. The Morgan fingerprint density at radius 1 is 1.08 bits per heavy atom. The van der Waals surface area contributed by atoms with Gasteiger partial charge >= 0.3 is 11.9 Å². The lowest BCUT2D eigenvalue weighted by atomic mass is 9.78. The lowest BCUT2D eigenvalue weighted by molar-refractivity contribution is -0.171. The summed E-state index contributed by atoms with van der Waals surface area (Å²) in [6, 6.07) is 14.0. The number of nitrogens with zero attached hydrogens (tertiary/aromatic N) is 4. The predicted molar refractivity (Wildman–Crippen MR) is 151 cm³/mol. The molecule has 5 rings (SSSR count). The number of fused-ring (bicyclic) bond motifs is 1. The maximum atomic E-state index is 12.5. The molecule has 1 saturated carbocycles. The van der Waals surface area contributed by atoms with E-state index in [4.69, 9.17) is 20.2 Å². The topological polar surface area (TPSA) is 122 Å². The molecule has 0 radical (unpaired) electrons. The van der Waals surface area contributed by atoms with Crippen molar-refractivity contribution in [2.24, 2.45) is 5.92 Å². The largest absolute Gasteiger partial charge is 0.463 e. The Labute approximate surface area is 234 Å². The Morgan fingerprint density at radius 2 is 1.82 bits per heavy atom. The SMILES string of the molecule is CCOC(=O)C(OC(C)=O)C1CCC(c2nc3c(-c4ccc(-c5ccccc5)nc4)cnn3c(N)c2Br)CC1. The average molecular weight is 592 g/mol. The van der Waals surface area contributed by atoms with Crippen molar-refractivity contribution in [1.82, 2.24) is 19.6 Å². The number of rotatable bonds is 7. The van der Waals surface area contributed by atoms with Crippen LogP contribution in [0.5, 0.6) is 0 Å². The van der Waals surface area contributed by atoms with Crippen LogP contribution in [0, 0.1) is 5.92 Å². The minimum atomic E-state index is -0.889. The first-order chi connectivity index (χ1) is 18.9. The highest BCUT2D eigenvalue weighted by molar-refractivity contribution is 9.10. The third-order valence-corrected chi connectivity index (χ3v) is 8.00. The van der Waals surface area contributed by atoms with Crippen molar-refractivity contribution in [1.29, 1.82) is 0 Å². The summed E-state index contributed by atoms with van der Waals surface area (Å²) < 4.78 is 12.9. The smallest absolute Gasteiger partial charge is 0.347 e. The molecule has 0 amide bonds. The number of anilines is 1. The van der Waals surface area contributed by atoms with Crippen LogP contribution in [0.25, 0.3) is 28.0 Å². The summed E-state index contributed by atoms with van der Waals surface area (Å²) >= 11 is 3.65. The van der Waals surface area contributed by atoms with Crippen LogP contribution in [-0.2, 0) is 19.1 Å². The number of esters is 2. The van der Waals surface area contributed by atoms with Gasteiger partial charge in [0, 0.05) is 41.6 Å². The standard InChI is InChI=1S/C29H30BrN5O4/c1-3-38-29(37)26(39-17(2)36)20-11-9-19(10-12-20)25-24(30)27(31)35-28(34-25)22(16-33-35)21-13-14-23(32-15-21)18-7-5-4-6-8-18/h4-8,13-16,19-20,26H,3,9-12,31H2,1-2H3. The van der Waals surface area contributed by atoms with E-state index in [1.807, 2.05) is 48.7 Å². The fourth-order valence-corrected chi connectivity index (χ4v) is 5.84. The highest BCUT2D eigenvalue weighted by Crippen LogP contribution is 2.42. The third kappa shape index (κ3) is 5.52. The highest BCUT2D eigenvalue weighted by atomic mass is 79.9. The second kappa shape index (κ2) is 11.5. The lowest BCUT2D eigenvalue weighted by Gasteiger charge is -2.32. The fourth-order valence-electron chi connectivity index (χ4n) is 5.26. The Kier molecular flexibility index (Phi) is 7.92. The van der Waals surface area contributed by atoms with Crippen LogP contribution in [0.4, 0.5) is 5.82 Å². The van der Waals surface area contributed by atoms with Gasteiger partial charge < -0.3 is 15.2 Å². The summed E-state index contributed by atoms with van der Waals surface area (Å²) in [6.07, 6.45) is 5.61. The van der Waals surface area contributed by atoms with Crippen molar-refractivity contribution >= 4 is 39.3 Å². The van der Waals surface area contributed by atoms with Gasteiger partial charge in [0.15, 0.2) is 5.65 Å². The Morgan fingerprint density at radius 3 is 2.46 bits per heavy atom. The maximum Gasteiger partial charge on any atom is 0.347 e. The molecule has 0 saturated heterocycles. The molecule has 1 atom stereocenters. The summed E-state index contributed by atoms with van der Waals surface area (Å²) in [7, 11) is 0. The van der Waals surface area contributed by atoms with Gasteiger partial charge in [0.1, 0.15) is 5.82 Å². The molecule has 10 heteroatoms. The number of ether oxygens (including phenoxy) is 2. The summed E-state index contributed by atoms with van der Waals surface area (Å²) in [5.41, 5.74) is 11.7. The molecule has 0 aliphatic heterocycles. The van der Waals surface area contributed by atoms with Crippen molar-refractivity contribution in [3.8, 4) is 22.4 Å². The average Bonchev–Trinajstić information content (AvgIpc) is 3.38. The van der Waals surface area contributed by atoms with Gasteiger partial charge in [-0.05, 0) is 54.6 Å². The summed E-state index contributed by atoms with van der Waals surface area (Å²) in [5, 5.41) is 4.49. The van der Waals surface area contributed by atoms with E-state index >= 15 is 0 Å². The first-order valence-corrected chi connectivity index (χ1v) is 13.8. The quantitative estimate of drug-likeness (QED) is 0.277. The molecule has 0 bridgehead atoms. The zero-order valence-corrected chi connectivity index (χ0v) is 23.4. The molecular weight excluding hydrogens is 562 g/mol. The van der Waals surface area contributed by atoms with Gasteiger partial charge in [-0.2, -0.15) is 9.61 Å². The van der Waals surface area contributed by atoms with Gasteiger partial charge in [0.25, 0.3) is 0 Å². The van der Waals surface area contributed by atoms with Gasteiger partial charge in [-0.3, -0.25) is 9.78 Å². The molecule has 1 fully saturated rings. The number of nitrogens with two attached hydrogens (primary N) is 1. The number of benzene rings is 1. The fraction of sp³-hybridized carbons (Fsp3) is 0.345. The molecule has 3 aromatic heterocycles. The van der Waals surface area contributed by atoms with Crippen molar-refractivity contribution in [3.05, 3.63) is 65.0 Å². The van der Waals surface area contributed by atoms with Crippen LogP contribution >= 0.6 is 15.9 Å². The first kappa shape index (κ1) is 26.8. The third-order valence-electron chi connectivity index (χ3n) is 7.19. The maximum absolute atomic E-state index is 12.5. The normalized spacial score (nSPS) is 18.0. The van der Waals surface area contributed by atoms with Crippen molar-refractivity contribution in [3.63, 3.8) is 0 Å². The van der Waals surface area contributed by atoms with Crippen LogP contribution in [0.15, 0.2) is 59.3 Å². The number of halogens is 1. The summed E-state index contributed by atoms with van der Waals surface area (Å²) in [5.74, 6) is -0.496. The Bertz CT molecular complexity index is 1480. The molecule has 2 N–H and O–H groups in total. The number of aromatic nitrogens is 4. The summed E-state index contributed by atoms with van der Waals surface area (Å²) in [4.78, 5) is 33.8. The molecule has 0 spiro atoms. The first-order valence-electron chi connectivity index (χ1n) is 13.1. The molecule has 3 heterocycles. The van der Waals surface area contributed by atoms with E-state index in [0.29, 0.717) is 28.8 Å². The van der Waals surface area contributed by atoms with E-state index in [9.17, 15) is 9.59 Å². The van der Waals surface area contributed by atoms with Crippen molar-refractivity contribution in [2.45, 2.75) is 51.6 Å². The molecule has 1 aromatic carbocycles. The number of hydrogen-bond acceptors (Lipinski definition) is 8. The van der Waals surface area contributed by atoms with E-state index in [2.05, 4.69) is 26.0 Å². The van der Waals surface area contributed by atoms with E-state index in [1.54, 1.807) is 17.6 Å². The van der Waals surface area contributed by atoms with E-state index in [0.717, 1.165) is 40.9 Å². The number of carbonyl (C=O) groups is 2. The van der Waals surface area contributed by atoms with Gasteiger partial charge in [-0.15, -0.1) is 0 Å². The Hall–Kier alpha value is -3.79. The predicted octanol–water partition coefficient (Wildman–Crippen LogP) is 5.57. The molecule has 9 nitrogen and oxygen atoms in total. The van der Waals surface area contributed by atoms with Crippen molar-refractivity contribution < 1.29 is 19.1 Å². The van der Waals surface area contributed by atoms with E-state index < -0.39 is 18.0 Å². The minimum absolute atomic E-state index is 0.108. The molecule has 202 valence electrons. The molecule has 1 aliphatic rings. The monoisotopic (exact) mass is 591 g/mol. The van der Waals surface area contributed by atoms with Crippen LogP contribution in [0.3, 0.4) is 0 Å². The molecule has 39 heavy (non-hydrogen) atoms. The van der Waals surface area contributed by atoms with Gasteiger partial charge in [0.05, 0.1) is 28.7 Å². The van der Waals surface area contributed by atoms with E-state index in [1.165, 1.54) is 6.92 Å². The van der Waals surface area contributed by atoms with Crippen LogP contribution in [-0.4, -0.2) is 44.2 Å². The molecular formula is C29H30BrN5O4. The van der Waals surface area contributed by atoms with Crippen LogP contribution < -0.4 is 5.73 Å². The van der Waals surface area contributed by atoms with Gasteiger partial charge in [0.2, 0.25) is 6.10 Å². The number of nitrogen functional groups attached to an aromatic ring is 1. The zero-order chi connectivity index (χ0) is 27.5. The Balaban J connectivity index is 1.40. The molecule has 1 aliphatic carbocycles. The summed E-state index contributed by atoms with van der Waals surface area (Å²) in [6.45, 7) is 3.28. The van der Waals surface area contributed by atoms with Crippen molar-refractivity contribution in [2.75, 3.05) is 12.3 Å². The lowest BCUT2D eigenvalue weighted by Crippen LogP contribution is -2.37. The van der Waals surface area contributed by atoms with Gasteiger partial charge in [-0.25, -0.2) is 9.78 Å². The minimum Gasteiger partial charge on any atom is -0.463 e. The number of pyridine rings is 1. The van der Waals surface area contributed by atoms with Crippen LogP contribution in [0.1, 0.15) is 51.1 Å². The van der Waals surface area contributed by atoms with Gasteiger partial charge in [-0.1, -0.05) is 36.4 Å². The second-order valence-corrected chi connectivity index (χ2v) is 10.5. The second-order valence-electron chi connectivity index (χ2n) is 9.68. The van der Waals surface area contributed by atoms with E-state index in [-0.39, 0.29) is 18.4 Å².